The number of nitrogens with zero attached hydrogens (tertiary/aromatic N) is 4. The van der Waals surface area contributed by atoms with Crippen LogP contribution in [0.4, 0.5) is 0 Å². The van der Waals surface area contributed by atoms with Gasteiger partial charge in [-0.05, 0) is 28.5 Å². The van der Waals surface area contributed by atoms with Gasteiger partial charge in [0.2, 0.25) is 5.91 Å². The Balaban J connectivity index is 1.20. The van der Waals surface area contributed by atoms with Crippen LogP contribution in [0.25, 0.3) is 16.4 Å². The number of piperazine rings is 1. The largest absolute Gasteiger partial charge is 0.340 e. The molecule has 5 nitrogen and oxygen atoms in total. The molecule has 5 heteroatoms. The zero-order valence-electron chi connectivity index (χ0n) is 16.4. The molecule has 0 atom stereocenters. The second-order valence-corrected chi connectivity index (χ2v) is 7.67. The number of hydrogen-bond acceptors (Lipinski definition) is 3. The Morgan fingerprint density at radius 2 is 1.69 bits per heavy atom. The summed E-state index contributed by atoms with van der Waals surface area (Å²) in [6, 6.07) is 20.5. The highest BCUT2D eigenvalue weighted by Crippen LogP contribution is 2.20. The smallest absolute Gasteiger partial charge is 0.227 e. The van der Waals surface area contributed by atoms with Crippen LogP contribution in [0.5, 0.6) is 0 Å². The number of benzene rings is 2. The van der Waals surface area contributed by atoms with Crippen molar-refractivity contribution in [3.63, 3.8) is 0 Å². The van der Waals surface area contributed by atoms with Crippen molar-refractivity contribution in [2.75, 3.05) is 26.2 Å². The molecule has 29 heavy (non-hydrogen) atoms. The molecular weight excluding hydrogens is 360 g/mol. The Hall–Kier alpha value is -3.18. The molecule has 0 radical (unpaired) electrons. The summed E-state index contributed by atoms with van der Waals surface area (Å²) < 4.78 is 2.05. The number of imidazole rings is 1. The molecule has 0 spiro atoms. The fourth-order valence-electron chi connectivity index (χ4n) is 4.17. The number of hydrogen-bond donors (Lipinski definition) is 0. The van der Waals surface area contributed by atoms with Crippen LogP contribution in [0.1, 0.15) is 11.3 Å². The normalized spacial score (nSPS) is 15.2. The summed E-state index contributed by atoms with van der Waals surface area (Å²) in [4.78, 5) is 22.0. The van der Waals surface area contributed by atoms with E-state index in [4.69, 9.17) is 0 Å². The van der Waals surface area contributed by atoms with Crippen molar-refractivity contribution >= 4 is 22.3 Å². The monoisotopic (exact) mass is 384 g/mol. The number of fused-ring (bicyclic) bond motifs is 2. The van der Waals surface area contributed by atoms with Crippen LogP contribution in [-0.4, -0.2) is 51.3 Å². The molecule has 0 saturated carbocycles. The first kappa shape index (κ1) is 17.9. The number of rotatable bonds is 4. The van der Waals surface area contributed by atoms with Gasteiger partial charge in [-0.1, -0.05) is 48.5 Å². The van der Waals surface area contributed by atoms with Crippen LogP contribution in [0, 0.1) is 0 Å². The third-order valence-electron chi connectivity index (χ3n) is 5.75. The minimum Gasteiger partial charge on any atom is -0.340 e. The summed E-state index contributed by atoms with van der Waals surface area (Å²) in [5, 5.41) is 2.36. The number of carbonyl (C=O) groups excluding carboxylic acids is 1. The average Bonchev–Trinajstić information content (AvgIpc) is 3.17. The summed E-state index contributed by atoms with van der Waals surface area (Å²) in [6.45, 7) is 4.14. The quantitative estimate of drug-likeness (QED) is 0.542. The van der Waals surface area contributed by atoms with Gasteiger partial charge in [0.15, 0.2) is 0 Å². The molecule has 4 aromatic rings. The Morgan fingerprint density at radius 3 is 2.55 bits per heavy atom. The number of carbonyl (C=O) groups is 1. The van der Waals surface area contributed by atoms with Crippen LogP contribution in [0.2, 0.25) is 0 Å². The zero-order chi connectivity index (χ0) is 19.6. The van der Waals surface area contributed by atoms with Gasteiger partial charge in [0, 0.05) is 45.1 Å². The van der Waals surface area contributed by atoms with Gasteiger partial charge in [-0.2, -0.15) is 0 Å². The molecule has 1 amide bonds. The van der Waals surface area contributed by atoms with Gasteiger partial charge in [0.25, 0.3) is 0 Å². The van der Waals surface area contributed by atoms with E-state index >= 15 is 0 Å². The van der Waals surface area contributed by atoms with Gasteiger partial charge >= 0.3 is 0 Å². The molecule has 0 N–H and O–H groups in total. The van der Waals surface area contributed by atoms with E-state index in [1.54, 1.807) is 0 Å². The van der Waals surface area contributed by atoms with E-state index in [2.05, 4.69) is 44.7 Å². The predicted octanol–water partition coefficient (Wildman–Crippen LogP) is 3.37. The van der Waals surface area contributed by atoms with Gasteiger partial charge in [-0.15, -0.1) is 0 Å². The first-order valence-corrected chi connectivity index (χ1v) is 10.2. The van der Waals surface area contributed by atoms with Gasteiger partial charge in [-0.3, -0.25) is 9.69 Å². The minimum absolute atomic E-state index is 0.216. The van der Waals surface area contributed by atoms with Crippen LogP contribution >= 0.6 is 0 Å². The highest BCUT2D eigenvalue weighted by Gasteiger charge is 2.22. The molecule has 0 aliphatic carbocycles. The first-order chi connectivity index (χ1) is 14.3. The van der Waals surface area contributed by atoms with Gasteiger partial charge in [-0.25, -0.2) is 4.98 Å². The lowest BCUT2D eigenvalue weighted by Gasteiger charge is -2.34. The highest BCUT2D eigenvalue weighted by molar-refractivity contribution is 5.90. The van der Waals surface area contributed by atoms with Crippen molar-refractivity contribution in [1.82, 2.24) is 19.2 Å². The van der Waals surface area contributed by atoms with Crippen LogP contribution in [0.3, 0.4) is 0 Å². The molecule has 2 aromatic heterocycles. The zero-order valence-corrected chi connectivity index (χ0v) is 16.4. The van der Waals surface area contributed by atoms with Crippen molar-refractivity contribution in [2.45, 2.75) is 13.0 Å². The van der Waals surface area contributed by atoms with Crippen molar-refractivity contribution < 1.29 is 4.79 Å². The maximum Gasteiger partial charge on any atom is 0.227 e. The molecule has 0 unspecified atom stereocenters. The van der Waals surface area contributed by atoms with Crippen LogP contribution in [0.15, 0.2) is 73.1 Å². The summed E-state index contributed by atoms with van der Waals surface area (Å²) in [5.74, 6) is 0.216. The van der Waals surface area contributed by atoms with Gasteiger partial charge in [0.1, 0.15) is 5.65 Å². The number of amides is 1. The number of aromatic nitrogens is 2. The Labute approximate surface area is 170 Å². The molecule has 0 bridgehead atoms. The average molecular weight is 384 g/mol. The van der Waals surface area contributed by atoms with Crippen LogP contribution < -0.4 is 0 Å². The third-order valence-corrected chi connectivity index (χ3v) is 5.75. The lowest BCUT2D eigenvalue weighted by Crippen LogP contribution is -2.48. The van der Waals surface area contributed by atoms with E-state index in [9.17, 15) is 4.79 Å². The third kappa shape index (κ3) is 3.74. The van der Waals surface area contributed by atoms with E-state index in [1.807, 2.05) is 47.5 Å². The molecule has 1 aliphatic heterocycles. The predicted molar refractivity (Wildman–Crippen MR) is 115 cm³/mol. The SMILES string of the molecule is O=C(Cc1cccc2ccccc12)N1CCN(Cc2cn3ccccc3n2)CC1. The van der Waals surface area contributed by atoms with E-state index in [1.165, 1.54) is 10.8 Å². The van der Waals surface area contributed by atoms with Crippen molar-refractivity contribution in [1.29, 1.82) is 0 Å². The van der Waals surface area contributed by atoms with Gasteiger partial charge < -0.3 is 9.30 Å². The van der Waals surface area contributed by atoms with Crippen molar-refractivity contribution in [2.24, 2.45) is 0 Å². The Morgan fingerprint density at radius 1 is 0.897 bits per heavy atom. The van der Waals surface area contributed by atoms with E-state index in [-0.39, 0.29) is 5.91 Å². The standard InChI is InChI=1S/C24H24N4O/c29-24(16-20-8-5-7-19-6-1-2-9-22(19)20)27-14-12-26(13-15-27)17-21-18-28-11-4-3-10-23(28)25-21/h1-11,18H,12-17H2. The van der Waals surface area contributed by atoms with E-state index in [0.717, 1.165) is 49.6 Å². The van der Waals surface area contributed by atoms with Gasteiger partial charge in [0.05, 0.1) is 12.1 Å². The lowest BCUT2D eigenvalue weighted by atomic mass is 10.0. The summed E-state index contributed by atoms with van der Waals surface area (Å²) in [7, 11) is 0. The van der Waals surface area contributed by atoms with E-state index in [0.29, 0.717) is 6.42 Å². The molecule has 1 saturated heterocycles. The van der Waals surface area contributed by atoms with E-state index < -0.39 is 0 Å². The maximum absolute atomic E-state index is 12.9. The minimum atomic E-state index is 0.216. The summed E-state index contributed by atoms with van der Waals surface area (Å²) in [6.07, 6.45) is 4.58. The molecule has 146 valence electrons. The highest BCUT2D eigenvalue weighted by atomic mass is 16.2. The Bertz CT molecular complexity index is 1120. The van der Waals surface area contributed by atoms with Crippen LogP contribution in [-0.2, 0) is 17.8 Å². The molecule has 3 heterocycles. The second kappa shape index (κ2) is 7.68. The fourth-order valence-corrected chi connectivity index (χ4v) is 4.17. The van der Waals surface area contributed by atoms with Crippen molar-refractivity contribution in [3.8, 4) is 0 Å². The molecule has 5 rings (SSSR count). The molecule has 1 fully saturated rings. The maximum atomic E-state index is 12.9. The topological polar surface area (TPSA) is 40.9 Å². The molecule has 1 aliphatic rings. The van der Waals surface area contributed by atoms with Crippen molar-refractivity contribution in [3.05, 3.63) is 84.3 Å². The molecular formula is C24H24N4O. The lowest BCUT2D eigenvalue weighted by molar-refractivity contribution is -0.132. The Kier molecular flexibility index (Phi) is 4.74. The first-order valence-electron chi connectivity index (χ1n) is 10.2. The second-order valence-electron chi connectivity index (χ2n) is 7.67. The molecule has 2 aromatic carbocycles. The summed E-state index contributed by atoms with van der Waals surface area (Å²) in [5.41, 5.74) is 3.17. The number of pyridine rings is 1. The fraction of sp³-hybridized carbons (Fsp3) is 0.250. The summed E-state index contributed by atoms with van der Waals surface area (Å²) >= 11 is 0.